The van der Waals surface area contributed by atoms with Crippen molar-refractivity contribution in [2.24, 2.45) is 0 Å². The van der Waals surface area contributed by atoms with E-state index in [4.69, 9.17) is 0 Å². The molecule has 1 N–H and O–H groups in total. The molecule has 16 heavy (non-hydrogen) atoms. The first kappa shape index (κ1) is 11.1. The van der Waals surface area contributed by atoms with Crippen molar-refractivity contribution in [2.45, 2.75) is 11.1 Å². The maximum absolute atomic E-state index is 12.4. The van der Waals surface area contributed by atoms with Gasteiger partial charge < -0.3 is 5.32 Å². The third-order valence-electron chi connectivity index (χ3n) is 2.09. The highest BCUT2D eigenvalue weighted by atomic mass is 32.2. The smallest absolute Gasteiger partial charge is 0.324 e. The van der Waals surface area contributed by atoms with Crippen LogP contribution in [0.15, 0.2) is 23.1 Å². The number of nitrogens with one attached hydrogen (secondary N) is 1. The summed E-state index contributed by atoms with van der Waals surface area (Å²) in [7, 11) is -1.56. The SMILES string of the molecule is O=C1C[S@](=O)c2ccc(C(F)(F)F)cc2N1. The van der Waals surface area contributed by atoms with E-state index >= 15 is 0 Å². The molecule has 0 aromatic heterocycles. The normalized spacial score (nSPS) is 20.2. The van der Waals surface area contributed by atoms with Gasteiger partial charge in [0.2, 0.25) is 5.91 Å². The molecule has 0 saturated heterocycles. The fourth-order valence-corrected chi connectivity index (χ4v) is 2.43. The summed E-state index contributed by atoms with van der Waals surface area (Å²) in [5.74, 6) is -0.747. The molecule has 0 saturated carbocycles. The molecule has 2 rings (SSSR count). The van der Waals surface area contributed by atoms with Crippen LogP contribution in [-0.4, -0.2) is 15.9 Å². The lowest BCUT2D eigenvalue weighted by molar-refractivity contribution is -0.137. The molecule has 1 aliphatic rings. The average Bonchev–Trinajstić information content (AvgIpc) is 2.15. The highest BCUT2D eigenvalue weighted by Gasteiger charge is 2.32. The summed E-state index contributed by atoms with van der Waals surface area (Å²) in [6.07, 6.45) is -4.47. The predicted molar refractivity (Wildman–Crippen MR) is 51.3 cm³/mol. The zero-order valence-corrected chi connectivity index (χ0v) is 8.61. The van der Waals surface area contributed by atoms with E-state index in [1.165, 1.54) is 0 Å². The molecule has 1 amide bonds. The molecule has 0 fully saturated rings. The first-order valence-electron chi connectivity index (χ1n) is 4.27. The van der Waals surface area contributed by atoms with Crippen molar-refractivity contribution in [1.82, 2.24) is 0 Å². The van der Waals surface area contributed by atoms with Crippen LogP contribution < -0.4 is 5.32 Å². The predicted octanol–water partition coefficient (Wildman–Crippen LogP) is 1.77. The maximum atomic E-state index is 12.4. The number of carbonyl (C=O) groups is 1. The summed E-state index contributed by atoms with van der Waals surface area (Å²) in [6, 6.07) is 2.78. The number of anilines is 1. The van der Waals surface area contributed by atoms with Crippen LogP contribution in [0.5, 0.6) is 0 Å². The van der Waals surface area contributed by atoms with Crippen molar-refractivity contribution < 1.29 is 22.2 Å². The van der Waals surface area contributed by atoms with Crippen LogP contribution in [-0.2, 0) is 21.8 Å². The molecule has 0 radical (unpaired) electrons. The van der Waals surface area contributed by atoms with Gasteiger partial charge in [-0.05, 0) is 18.2 Å². The first-order chi connectivity index (χ1) is 7.38. The Labute approximate surface area is 91.1 Å². The van der Waals surface area contributed by atoms with Crippen LogP contribution in [0, 0.1) is 0 Å². The molecule has 1 aliphatic heterocycles. The topological polar surface area (TPSA) is 46.2 Å². The molecular weight excluding hydrogens is 243 g/mol. The van der Waals surface area contributed by atoms with Gasteiger partial charge in [-0.3, -0.25) is 9.00 Å². The van der Waals surface area contributed by atoms with Gasteiger partial charge in [-0.15, -0.1) is 0 Å². The zero-order valence-electron chi connectivity index (χ0n) is 7.80. The third-order valence-corrected chi connectivity index (χ3v) is 3.46. The van der Waals surface area contributed by atoms with E-state index in [-0.39, 0.29) is 16.3 Å². The van der Waals surface area contributed by atoms with E-state index in [2.05, 4.69) is 5.32 Å². The van der Waals surface area contributed by atoms with Gasteiger partial charge in [-0.2, -0.15) is 13.2 Å². The van der Waals surface area contributed by atoms with Gasteiger partial charge >= 0.3 is 6.18 Å². The summed E-state index contributed by atoms with van der Waals surface area (Å²) in [6.45, 7) is 0. The zero-order chi connectivity index (χ0) is 11.9. The van der Waals surface area contributed by atoms with Crippen LogP contribution in [0.3, 0.4) is 0 Å². The van der Waals surface area contributed by atoms with Crippen molar-refractivity contribution in [1.29, 1.82) is 0 Å². The number of amides is 1. The second kappa shape index (κ2) is 3.58. The van der Waals surface area contributed by atoms with E-state index in [1.54, 1.807) is 0 Å². The Kier molecular flexibility index (Phi) is 2.49. The monoisotopic (exact) mass is 249 g/mol. The fourth-order valence-electron chi connectivity index (χ4n) is 1.39. The minimum atomic E-state index is -4.47. The molecule has 0 unspecified atom stereocenters. The number of halogens is 3. The molecule has 3 nitrogen and oxygen atoms in total. The van der Waals surface area contributed by atoms with Gasteiger partial charge in [0.05, 0.1) is 26.9 Å². The molecule has 1 aromatic rings. The Morgan fingerprint density at radius 1 is 1.31 bits per heavy atom. The lowest BCUT2D eigenvalue weighted by Gasteiger charge is -2.17. The Bertz CT molecular complexity index is 484. The van der Waals surface area contributed by atoms with Crippen LogP contribution in [0.25, 0.3) is 0 Å². The Morgan fingerprint density at radius 2 is 2.00 bits per heavy atom. The van der Waals surface area contributed by atoms with Crippen LogP contribution in [0.1, 0.15) is 5.56 Å². The number of fused-ring (bicyclic) bond motifs is 1. The van der Waals surface area contributed by atoms with Gasteiger partial charge in [-0.1, -0.05) is 0 Å². The van der Waals surface area contributed by atoms with Gasteiger partial charge in [0, 0.05) is 0 Å². The number of hydrogen-bond donors (Lipinski definition) is 1. The van der Waals surface area contributed by atoms with Crippen molar-refractivity contribution in [2.75, 3.05) is 11.1 Å². The maximum Gasteiger partial charge on any atom is 0.416 e. The van der Waals surface area contributed by atoms with E-state index < -0.39 is 28.4 Å². The minimum absolute atomic E-state index is 0.0237. The number of hydrogen-bond acceptors (Lipinski definition) is 2. The van der Waals surface area contributed by atoms with Crippen LogP contribution in [0.2, 0.25) is 0 Å². The molecule has 86 valence electrons. The van der Waals surface area contributed by atoms with E-state index in [0.29, 0.717) is 0 Å². The van der Waals surface area contributed by atoms with Gasteiger partial charge in [0.15, 0.2) is 0 Å². The van der Waals surface area contributed by atoms with Crippen molar-refractivity contribution in [3.05, 3.63) is 23.8 Å². The second-order valence-corrected chi connectivity index (χ2v) is 4.67. The number of alkyl halides is 3. The lowest BCUT2D eigenvalue weighted by Crippen LogP contribution is -2.26. The van der Waals surface area contributed by atoms with Crippen molar-refractivity contribution >= 4 is 22.4 Å². The molecule has 1 atom stereocenters. The van der Waals surface area contributed by atoms with Crippen LogP contribution >= 0.6 is 0 Å². The Morgan fingerprint density at radius 3 is 2.62 bits per heavy atom. The van der Waals surface area contributed by atoms with E-state index in [0.717, 1.165) is 18.2 Å². The average molecular weight is 249 g/mol. The molecule has 0 spiro atoms. The quantitative estimate of drug-likeness (QED) is 0.761. The largest absolute Gasteiger partial charge is 0.416 e. The molecule has 1 aromatic carbocycles. The Balaban J connectivity index is 2.50. The highest BCUT2D eigenvalue weighted by molar-refractivity contribution is 7.86. The number of benzene rings is 1. The summed E-state index contributed by atoms with van der Waals surface area (Å²) >= 11 is 0. The lowest BCUT2D eigenvalue weighted by atomic mass is 10.2. The fraction of sp³-hybridized carbons (Fsp3) is 0.222. The summed E-state index contributed by atoms with van der Waals surface area (Å²) in [5, 5.41) is 2.27. The van der Waals surface area contributed by atoms with E-state index in [1.807, 2.05) is 0 Å². The van der Waals surface area contributed by atoms with Crippen LogP contribution in [0.4, 0.5) is 18.9 Å². The third kappa shape index (κ3) is 1.95. The van der Waals surface area contributed by atoms with Gasteiger partial charge in [0.25, 0.3) is 0 Å². The minimum Gasteiger partial charge on any atom is -0.324 e. The molecule has 7 heteroatoms. The first-order valence-corrected chi connectivity index (χ1v) is 5.59. The summed E-state index contributed by atoms with van der Waals surface area (Å²) in [4.78, 5) is 11.2. The van der Waals surface area contributed by atoms with Crippen molar-refractivity contribution in [3.63, 3.8) is 0 Å². The van der Waals surface area contributed by atoms with Crippen molar-refractivity contribution in [3.8, 4) is 0 Å². The number of carbonyl (C=O) groups excluding carboxylic acids is 1. The molecule has 1 heterocycles. The number of rotatable bonds is 0. The Hall–Kier alpha value is -1.37. The summed E-state index contributed by atoms with van der Waals surface area (Å²) in [5.41, 5.74) is -0.894. The summed E-state index contributed by atoms with van der Waals surface area (Å²) < 4.78 is 48.5. The van der Waals surface area contributed by atoms with Gasteiger partial charge in [-0.25, -0.2) is 0 Å². The standard InChI is InChI=1S/C9H6F3NO2S/c10-9(11,12)5-1-2-7-6(3-5)13-8(14)4-16(7)15/h1-3H,4H2,(H,13,14)/t16-/m0/s1. The molecular formula is C9H6F3NO2S. The molecule has 0 aliphatic carbocycles. The van der Waals surface area contributed by atoms with E-state index in [9.17, 15) is 22.2 Å². The second-order valence-electron chi connectivity index (χ2n) is 3.25. The molecule has 0 bridgehead atoms. The van der Waals surface area contributed by atoms with Gasteiger partial charge in [0.1, 0.15) is 5.75 Å². The highest BCUT2D eigenvalue weighted by Crippen LogP contribution is 2.34.